The van der Waals surface area contributed by atoms with Gasteiger partial charge in [-0.05, 0) is 24.8 Å². The Morgan fingerprint density at radius 3 is 2.95 bits per heavy atom. The Balaban J connectivity index is 1.60. The van der Waals surface area contributed by atoms with Crippen LogP contribution in [0.4, 0.5) is 0 Å². The van der Waals surface area contributed by atoms with Crippen molar-refractivity contribution < 1.29 is 4.79 Å². The number of rotatable bonds is 4. The van der Waals surface area contributed by atoms with Crippen LogP contribution >= 0.6 is 11.8 Å². The zero-order chi connectivity index (χ0) is 15.4. The van der Waals surface area contributed by atoms with Gasteiger partial charge in [0.2, 0.25) is 5.91 Å². The van der Waals surface area contributed by atoms with E-state index in [1.54, 1.807) is 6.33 Å². The molecule has 4 nitrogen and oxygen atoms in total. The quantitative estimate of drug-likeness (QED) is 0.694. The molecule has 1 aliphatic rings. The second-order valence-electron chi connectivity index (χ2n) is 5.92. The molecule has 1 aromatic heterocycles. The molecule has 0 saturated heterocycles. The lowest BCUT2D eigenvalue weighted by molar-refractivity contribution is -0.119. The monoisotopic (exact) mass is 315 g/mol. The molecule has 1 heterocycles. The van der Waals surface area contributed by atoms with Crippen molar-refractivity contribution in [3.8, 4) is 0 Å². The fourth-order valence-electron chi connectivity index (χ4n) is 3.01. The number of para-hydroxylation sites is 1. The highest BCUT2D eigenvalue weighted by atomic mass is 32.2. The lowest BCUT2D eigenvalue weighted by Gasteiger charge is -2.29. The molecular formula is C17H21N3OS. The first kappa shape index (κ1) is 15.3. The number of benzene rings is 1. The minimum Gasteiger partial charge on any atom is -0.352 e. The first-order valence-electron chi connectivity index (χ1n) is 7.86. The molecule has 1 amide bonds. The van der Waals surface area contributed by atoms with Gasteiger partial charge in [0.05, 0.1) is 11.3 Å². The van der Waals surface area contributed by atoms with Gasteiger partial charge in [0.1, 0.15) is 11.4 Å². The number of aromatic nitrogens is 2. The van der Waals surface area contributed by atoms with Crippen molar-refractivity contribution in [3.63, 3.8) is 0 Å². The summed E-state index contributed by atoms with van der Waals surface area (Å²) in [4.78, 5) is 20.8. The summed E-state index contributed by atoms with van der Waals surface area (Å²) in [6, 6.07) is 8.23. The van der Waals surface area contributed by atoms with E-state index in [2.05, 4.69) is 22.2 Å². The lowest BCUT2D eigenvalue weighted by atomic mass is 9.86. The van der Waals surface area contributed by atoms with Gasteiger partial charge in [-0.3, -0.25) is 4.79 Å². The number of nitrogens with one attached hydrogen (secondary N) is 1. The van der Waals surface area contributed by atoms with Gasteiger partial charge in [0, 0.05) is 11.4 Å². The van der Waals surface area contributed by atoms with Crippen LogP contribution in [0.25, 0.3) is 10.9 Å². The fraction of sp³-hybridized carbons (Fsp3) is 0.471. The Hall–Kier alpha value is -1.62. The van der Waals surface area contributed by atoms with Crippen LogP contribution in [0.1, 0.15) is 32.6 Å². The number of carbonyl (C=O) groups is 1. The summed E-state index contributed by atoms with van der Waals surface area (Å²) in [6.45, 7) is 2.23. The number of amides is 1. The predicted molar refractivity (Wildman–Crippen MR) is 89.8 cm³/mol. The average molecular weight is 315 g/mol. The van der Waals surface area contributed by atoms with Gasteiger partial charge in [-0.2, -0.15) is 0 Å². The van der Waals surface area contributed by atoms with Crippen LogP contribution in [0.2, 0.25) is 0 Å². The van der Waals surface area contributed by atoms with Gasteiger partial charge in [-0.25, -0.2) is 9.97 Å². The zero-order valence-corrected chi connectivity index (χ0v) is 13.6. The summed E-state index contributed by atoms with van der Waals surface area (Å²) in [5, 5.41) is 5.06. The number of hydrogen-bond donors (Lipinski definition) is 1. The highest BCUT2D eigenvalue weighted by molar-refractivity contribution is 8.00. The van der Waals surface area contributed by atoms with Crippen LogP contribution in [0.15, 0.2) is 35.6 Å². The molecule has 0 bridgehead atoms. The van der Waals surface area contributed by atoms with Gasteiger partial charge in [-0.1, -0.05) is 49.7 Å². The van der Waals surface area contributed by atoms with Crippen molar-refractivity contribution in [1.29, 1.82) is 0 Å². The summed E-state index contributed by atoms with van der Waals surface area (Å²) < 4.78 is 0. The Bertz CT molecular complexity index is 656. The highest BCUT2D eigenvalue weighted by Gasteiger charge is 2.22. The number of thioether (sulfide) groups is 1. The smallest absolute Gasteiger partial charge is 0.230 e. The second-order valence-corrected chi connectivity index (χ2v) is 6.88. The number of nitrogens with zero attached hydrogens (tertiary/aromatic N) is 2. The van der Waals surface area contributed by atoms with Crippen molar-refractivity contribution in [3.05, 3.63) is 30.6 Å². The third kappa shape index (κ3) is 3.58. The minimum atomic E-state index is 0.103. The van der Waals surface area contributed by atoms with Crippen molar-refractivity contribution in [2.24, 2.45) is 5.92 Å². The van der Waals surface area contributed by atoms with Gasteiger partial charge < -0.3 is 5.32 Å². The minimum absolute atomic E-state index is 0.103. The number of fused-ring (bicyclic) bond motifs is 1. The molecule has 1 fully saturated rings. The molecule has 0 aliphatic heterocycles. The fourth-order valence-corrected chi connectivity index (χ4v) is 3.81. The second kappa shape index (κ2) is 7.09. The lowest BCUT2D eigenvalue weighted by Crippen LogP contribution is -2.41. The van der Waals surface area contributed by atoms with Crippen molar-refractivity contribution in [1.82, 2.24) is 15.3 Å². The zero-order valence-electron chi connectivity index (χ0n) is 12.8. The van der Waals surface area contributed by atoms with E-state index in [-0.39, 0.29) is 5.91 Å². The Morgan fingerprint density at radius 1 is 1.27 bits per heavy atom. The third-order valence-electron chi connectivity index (χ3n) is 4.30. The largest absolute Gasteiger partial charge is 0.352 e. The molecule has 22 heavy (non-hydrogen) atoms. The average Bonchev–Trinajstić information content (AvgIpc) is 2.55. The van der Waals surface area contributed by atoms with Crippen molar-refractivity contribution in [2.75, 3.05) is 5.75 Å². The molecule has 1 aliphatic carbocycles. The third-order valence-corrected chi connectivity index (χ3v) is 5.31. The van der Waals surface area contributed by atoms with Crippen LogP contribution in [-0.4, -0.2) is 27.7 Å². The van der Waals surface area contributed by atoms with Crippen LogP contribution in [0.3, 0.4) is 0 Å². The van der Waals surface area contributed by atoms with E-state index < -0.39 is 0 Å². The van der Waals surface area contributed by atoms with Gasteiger partial charge in [-0.15, -0.1) is 0 Å². The molecule has 5 heteroatoms. The summed E-state index contributed by atoms with van der Waals surface area (Å²) in [7, 11) is 0. The van der Waals surface area contributed by atoms with E-state index in [0.29, 0.717) is 17.7 Å². The Morgan fingerprint density at radius 2 is 2.09 bits per heavy atom. The van der Waals surface area contributed by atoms with E-state index in [9.17, 15) is 4.79 Å². The molecular weight excluding hydrogens is 294 g/mol. The number of carbonyl (C=O) groups excluding carboxylic acids is 1. The van der Waals surface area contributed by atoms with Crippen LogP contribution < -0.4 is 5.32 Å². The molecule has 0 unspecified atom stereocenters. The molecule has 3 rings (SSSR count). The standard InChI is InChI=1S/C17H21N3OS/c1-12-6-2-4-8-14(12)20-16(21)10-22-17-13-7-3-5-9-15(13)18-11-19-17/h3,5,7,9,11-12,14H,2,4,6,8,10H2,1H3,(H,20,21)/t12-,14+/m0/s1. The predicted octanol–water partition coefficient (Wildman–Crippen LogP) is 3.42. The first-order chi connectivity index (χ1) is 10.7. The van der Waals surface area contributed by atoms with Gasteiger partial charge in [0.25, 0.3) is 0 Å². The van der Waals surface area contributed by atoms with E-state index >= 15 is 0 Å². The topological polar surface area (TPSA) is 54.9 Å². The molecule has 1 saturated carbocycles. The van der Waals surface area contributed by atoms with E-state index in [0.717, 1.165) is 22.3 Å². The maximum absolute atomic E-state index is 12.2. The molecule has 1 N–H and O–H groups in total. The maximum Gasteiger partial charge on any atom is 0.230 e. The molecule has 2 atom stereocenters. The molecule has 0 spiro atoms. The summed E-state index contributed by atoms with van der Waals surface area (Å²) in [6.07, 6.45) is 6.39. The first-order valence-corrected chi connectivity index (χ1v) is 8.84. The van der Waals surface area contributed by atoms with Crippen LogP contribution in [0.5, 0.6) is 0 Å². The van der Waals surface area contributed by atoms with E-state index in [4.69, 9.17) is 0 Å². The molecule has 116 valence electrons. The summed E-state index contributed by atoms with van der Waals surface area (Å²) in [5.74, 6) is 1.10. The maximum atomic E-state index is 12.2. The normalized spacial score (nSPS) is 21.7. The molecule has 2 aromatic rings. The number of hydrogen-bond acceptors (Lipinski definition) is 4. The highest BCUT2D eigenvalue weighted by Crippen LogP contribution is 2.25. The molecule has 0 radical (unpaired) electrons. The SMILES string of the molecule is C[C@H]1CCCC[C@H]1NC(=O)CSc1ncnc2ccccc12. The summed E-state index contributed by atoms with van der Waals surface area (Å²) >= 11 is 1.48. The van der Waals surface area contributed by atoms with Crippen molar-refractivity contribution in [2.45, 2.75) is 43.7 Å². The van der Waals surface area contributed by atoms with Crippen LogP contribution in [-0.2, 0) is 4.79 Å². The van der Waals surface area contributed by atoms with E-state index in [1.165, 1.54) is 31.0 Å². The Kier molecular flexibility index (Phi) is 4.93. The Labute approximate surface area is 135 Å². The van der Waals surface area contributed by atoms with Gasteiger partial charge >= 0.3 is 0 Å². The van der Waals surface area contributed by atoms with Crippen molar-refractivity contribution >= 4 is 28.6 Å². The van der Waals surface area contributed by atoms with Gasteiger partial charge in [0.15, 0.2) is 0 Å². The molecule has 1 aromatic carbocycles. The summed E-state index contributed by atoms with van der Waals surface area (Å²) in [5.41, 5.74) is 0.918. The van der Waals surface area contributed by atoms with E-state index in [1.807, 2.05) is 24.3 Å². The van der Waals surface area contributed by atoms with Crippen LogP contribution in [0, 0.1) is 5.92 Å².